The maximum Gasteiger partial charge on any atom is 0.226 e. The molecule has 0 aromatic heterocycles. The second kappa shape index (κ2) is 5.31. The lowest BCUT2D eigenvalue weighted by Crippen LogP contribution is -2.39. The summed E-state index contributed by atoms with van der Waals surface area (Å²) in [5, 5.41) is 9.42. The number of aliphatic hydroxyl groups excluding tert-OH is 1. The van der Waals surface area contributed by atoms with E-state index < -0.39 is 0 Å². The zero-order chi connectivity index (χ0) is 11.3. The Balaban J connectivity index is 2.51. The van der Waals surface area contributed by atoms with E-state index in [9.17, 15) is 9.90 Å². The van der Waals surface area contributed by atoms with Crippen molar-refractivity contribution in [3.05, 3.63) is 12.7 Å². The van der Waals surface area contributed by atoms with E-state index in [2.05, 4.69) is 6.58 Å². The first-order valence-electron chi connectivity index (χ1n) is 5.59. The van der Waals surface area contributed by atoms with Crippen molar-refractivity contribution in [1.29, 1.82) is 0 Å². The van der Waals surface area contributed by atoms with E-state index in [4.69, 9.17) is 0 Å². The third-order valence-corrected chi connectivity index (χ3v) is 3.32. The van der Waals surface area contributed by atoms with Gasteiger partial charge in [0.2, 0.25) is 5.91 Å². The van der Waals surface area contributed by atoms with Gasteiger partial charge in [0.1, 0.15) is 0 Å². The van der Waals surface area contributed by atoms with Crippen molar-refractivity contribution in [3.8, 4) is 0 Å². The van der Waals surface area contributed by atoms with Crippen molar-refractivity contribution in [1.82, 2.24) is 4.90 Å². The molecule has 1 saturated carbocycles. The van der Waals surface area contributed by atoms with Gasteiger partial charge < -0.3 is 10.0 Å². The zero-order valence-corrected chi connectivity index (χ0v) is 9.54. The van der Waals surface area contributed by atoms with Gasteiger partial charge in [0.15, 0.2) is 0 Å². The van der Waals surface area contributed by atoms with Gasteiger partial charge >= 0.3 is 0 Å². The van der Waals surface area contributed by atoms with Gasteiger partial charge in [-0.05, 0) is 12.8 Å². The summed E-state index contributed by atoms with van der Waals surface area (Å²) < 4.78 is 0. The zero-order valence-electron chi connectivity index (χ0n) is 9.54. The molecule has 0 saturated heterocycles. The quantitative estimate of drug-likeness (QED) is 0.701. The van der Waals surface area contributed by atoms with Crippen molar-refractivity contribution in [2.45, 2.75) is 32.1 Å². The Bertz CT molecular complexity index is 232. The molecule has 1 aliphatic carbocycles. The summed E-state index contributed by atoms with van der Waals surface area (Å²) in [6.45, 7) is 4.43. The van der Waals surface area contributed by atoms with Gasteiger partial charge in [0.25, 0.3) is 0 Å². The van der Waals surface area contributed by atoms with Gasteiger partial charge in [-0.25, -0.2) is 0 Å². The van der Waals surface area contributed by atoms with Crippen LogP contribution in [-0.4, -0.2) is 36.1 Å². The third-order valence-electron chi connectivity index (χ3n) is 3.32. The SMILES string of the molecule is C=CCC(=O)N(C)CC1(CO)CCCC1. The van der Waals surface area contributed by atoms with E-state index >= 15 is 0 Å². The molecule has 1 N–H and O–H groups in total. The first-order chi connectivity index (χ1) is 7.13. The molecule has 0 aliphatic heterocycles. The number of carbonyl (C=O) groups excluding carboxylic acids is 1. The van der Waals surface area contributed by atoms with Crippen molar-refractivity contribution in [2.24, 2.45) is 5.41 Å². The molecule has 0 aromatic carbocycles. The highest BCUT2D eigenvalue weighted by molar-refractivity contribution is 5.77. The first kappa shape index (κ1) is 12.2. The van der Waals surface area contributed by atoms with Crippen LogP contribution in [0, 0.1) is 5.41 Å². The van der Waals surface area contributed by atoms with Gasteiger partial charge in [-0.3, -0.25) is 4.79 Å². The summed E-state index contributed by atoms with van der Waals surface area (Å²) in [4.78, 5) is 13.3. The highest BCUT2D eigenvalue weighted by Gasteiger charge is 2.34. The summed E-state index contributed by atoms with van der Waals surface area (Å²) in [5.74, 6) is 0.0877. The van der Waals surface area contributed by atoms with Crippen LogP contribution in [0.2, 0.25) is 0 Å². The molecule has 0 radical (unpaired) electrons. The number of amides is 1. The molecule has 0 spiro atoms. The predicted molar refractivity (Wildman–Crippen MR) is 60.4 cm³/mol. The van der Waals surface area contributed by atoms with Crippen molar-refractivity contribution in [3.63, 3.8) is 0 Å². The normalized spacial score (nSPS) is 18.8. The van der Waals surface area contributed by atoms with Gasteiger partial charge in [-0.15, -0.1) is 6.58 Å². The fraction of sp³-hybridized carbons (Fsp3) is 0.750. The molecule has 0 unspecified atom stereocenters. The van der Waals surface area contributed by atoms with E-state index in [1.165, 1.54) is 12.8 Å². The summed E-state index contributed by atoms with van der Waals surface area (Å²) in [5.41, 5.74) is -0.0361. The van der Waals surface area contributed by atoms with E-state index in [-0.39, 0.29) is 17.9 Å². The molecule has 86 valence electrons. The summed E-state index contributed by atoms with van der Waals surface area (Å²) in [7, 11) is 1.81. The molecule has 1 fully saturated rings. The van der Waals surface area contributed by atoms with Crippen LogP contribution in [-0.2, 0) is 4.79 Å². The van der Waals surface area contributed by atoms with Crippen molar-refractivity contribution >= 4 is 5.91 Å². The fourth-order valence-corrected chi connectivity index (χ4v) is 2.36. The summed E-state index contributed by atoms with van der Waals surface area (Å²) in [6, 6.07) is 0. The van der Waals surface area contributed by atoms with E-state index in [0.29, 0.717) is 13.0 Å². The molecular formula is C12H21NO2. The Morgan fingerprint density at radius 3 is 2.60 bits per heavy atom. The Hall–Kier alpha value is -0.830. The number of hydrogen-bond donors (Lipinski definition) is 1. The van der Waals surface area contributed by atoms with Crippen LogP contribution >= 0.6 is 0 Å². The number of carbonyl (C=O) groups is 1. The van der Waals surface area contributed by atoms with Crippen molar-refractivity contribution in [2.75, 3.05) is 20.2 Å². The summed E-state index contributed by atoms with van der Waals surface area (Å²) >= 11 is 0. The number of aliphatic hydroxyl groups is 1. The lowest BCUT2D eigenvalue weighted by atomic mass is 9.86. The Morgan fingerprint density at radius 2 is 2.13 bits per heavy atom. The first-order valence-corrected chi connectivity index (χ1v) is 5.59. The minimum Gasteiger partial charge on any atom is -0.396 e. The van der Waals surface area contributed by atoms with E-state index in [1.807, 2.05) is 7.05 Å². The van der Waals surface area contributed by atoms with Gasteiger partial charge in [0, 0.05) is 25.4 Å². The number of nitrogens with zero attached hydrogens (tertiary/aromatic N) is 1. The van der Waals surface area contributed by atoms with Gasteiger partial charge in [-0.2, -0.15) is 0 Å². The Kier molecular flexibility index (Phi) is 4.33. The molecule has 15 heavy (non-hydrogen) atoms. The van der Waals surface area contributed by atoms with Gasteiger partial charge in [-0.1, -0.05) is 18.9 Å². The fourth-order valence-electron chi connectivity index (χ4n) is 2.36. The van der Waals surface area contributed by atoms with Crippen LogP contribution in [0.3, 0.4) is 0 Å². The second-order valence-electron chi connectivity index (χ2n) is 4.61. The molecule has 1 aliphatic rings. The second-order valence-corrected chi connectivity index (χ2v) is 4.61. The molecule has 0 heterocycles. The molecule has 0 bridgehead atoms. The topological polar surface area (TPSA) is 40.5 Å². The average Bonchev–Trinajstić information content (AvgIpc) is 2.67. The minimum absolute atomic E-state index is 0.0361. The van der Waals surface area contributed by atoms with Gasteiger partial charge in [0.05, 0.1) is 6.61 Å². The standard InChI is InChI=1S/C12H21NO2/c1-3-6-11(15)13(2)9-12(10-14)7-4-5-8-12/h3,14H,1,4-10H2,2H3. The highest BCUT2D eigenvalue weighted by Crippen LogP contribution is 2.38. The predicted octanol–water partition coefficient (Wildman–Crippen LogP) is 1.57. The molecule has 0 atom stereocenters. The number of rotatable bonds is 5. The molecule has 1 amide bonds. The third kappa shape index (κ3) is 3.06. The minimum atomic E-state index is -0.0361. The lowest BCUT2D eigenvalue weighted by Gasteiger charge is -2.31. The molecule has 0 aromatic rings. The van der Waals surface area contributed by atoms with Crippen LogP contribution in [0.25, 0.3) is 0 Å². The highest BCUT2D eigenvalue weighted by atomic mass is 16.3. The monoisotopic (exact) mass is 211 g/mol. The Morgan fingerprint density at radius 1 is 1.53 bits per heavy atom. The average molecular weight is 211 g/mol. The molecule has 3 nitrogen and oxygen atoms in total. The van der Waals surface area contributed by atoms with Crippen LogP contribution in [0.15, 0.2) is 12.7 Å². The van der Waals surface area contributed by atoms with E-state index in [0.717, 1.165) is 12.8 Å². The maximum atomic E-state index is 11.6. The molecular weight excluding hydrogens is 190 g/mol. The van der Waals surface area contributed by atoms with Crippen LogP contribution in [0.4, 0.5) is 0 Å². The smallest absolute Gasteiger partial charge is 0.226 e. The Labute approximate surface area is 91.8 Å². The number of hydrogen-bond acceptors (Lipinski definition) is 2. The van der Waals surface area contributed by atoms with Crippen LogP contribution in [0.1, 0.15) is 32.1 Å². The molecule has 1 rings (SSSR count). The van der Waals surface area contributed by atoms with Crippen molar-refractivity contribution < 1.29 is 9.90 Å². The summed E-state index contributed by atoms with van der Waals surface area (Å²) in [6.07, 6.45) is 6.43. The molecule has 3 heteroatoms. The van der Waals surface area contributed by atoms with E-state index in [1.54, 1.807) is 11.0 Å². The maximum absolute atomic E-state index is 11.6. The van der Waals surface area contributed by atoms with Crippen LogP contribution < -0.4 is 0 Å². The lowest BCUT2D eigenvalue weighted by molar-refractivity contribution is -0.130. The van der Waals surface area contributed by atoms with Crippen LogP contribution in [0.5, 0.6) is 0 Å². The largest absolute Gasteiger partial charge is 0.396 e.